The summed E-state index contributed by atoms with van der Waals surface area (Å²) in [6.07, 6.45) is 0. The van der Waals surface area contributed by atoms with Crippen molar-refractivity contribution >= 4 is 17.6 Å². The van der Waals surface area contributed by atoms with Gasteiger partial charge in [-0.2, -0.15) is 9.97 Å². The second kappa shape index (κ2) is 4.77. The molecule has 0 spiro atoms. The molecule has 0 aromatic carbocycles. The van der Waals surface area contributed by atoms with Gasteiger partial charge >= 0.3 is 0 Å². The molecule has 0 aliphatic rings. The first-order chi connectivity index (χ1) is 7.75. The second-order valence-electron chi connectivity index (χ2n) is 5.37. The quantitative estimate of drug-likeness (QED) is 0.841. The Balaban J connectivity index is 3.03. The van der Waals surface area contributed by atoms with Crippen LogP contribution in [0.25, 0.3) is 0 Å². The van der Waals surface area contributed by atoms with Crippen molar-refractivity contribution in [3.63, 3.8) is 0 Å². The van der Waals surface area contributed by atoms with Crippen molar-refractivity contribution in [1.82, 2.24) is 9.97 Å². The Labute approximate surface area is 103 Å². The van der Waals surface area contributed by atoms with Gasteiger partial charge in [0.15, 0.2) is 0 Å². The number of nitrogens with one attached hydrogen (secondary N) is 1. The molecule has 0 saturated carbocycles. The van der Waals surface area contributed by atoms with Crippen LogP contribution in [0.4, 0.5) is 17.6 Å². The van der Waals surface area contributed by atoms with E-state index < -0.39 is 0 Å². The number of nitrogen functional groups attached to an aromatic ring is 1. The summed E-state index contributed by atoms with van der Waals surface area (Å²) in [6, 6.07) is 2.25. The van der Waals surface area contributed by atoms with E-state index in [0.717, 1.165) is 11.6 Å². The first-order valence-electron chi connectivity index (χ1n) is 5.81. The van der Waals surface area contributed by atoms with Gasteiger partial charge in [-0.1, -0.05) is 20.8 Å². The van der Waals surface area contributed by atoms with Gasteiger partial charge < -0.3 is 16.0 Å². The summed E-state index contributed by atoms with van der Waals surface area (Å²) < 4.78 is 0. The van der Waals surface area contributed by atoms with Crippen molar-refractivity contribution in [2.75, 3.05) is 30.0 Å². The highest BCUT2D eigenvalue weighted by molar-refractivity contribution is 5.52. The number of anilines is 3. The lowest BCUT2D eigenvalue weighted by Crippen LogP contribution is -2.40. The van der Waals surface area contributed by atoms with Crippen molar-refractivity contribution in [2.24, 2.45) is 5.41 Å². The Kier molecular flexibility index (Phi) is 3.80. The van der Waals surface area contributed by atoms with E-state index in [9.17, 15) is 0 Å². The minimum absolute atomic E-state index is 0.175. The standard InChI is InChI=1S/C12H23N5/c1-8(12(2,3)4)17(6)10-7-9(14-5)15-11(13)16-10/h7-8H,1-6H3,(H3,13,14,15,16). The van der Waals surface area contributed by atoms with Crippen LogP contribution >= 0.6 is 0 Å². The molecule has 5 heteroatoms. The first kappa shape index (κ1) is 13.5. The summed E-state index contributed by atoms with van der Waals surface area (Å²) in [6.45, 7) is 8.80. The van der Waals surface area contributed by atoms with Crippen LogP contribution in [0.2, 0.25) is 0 Å². The van der Waals surface area contributed by atoms with E-state index in [1.54, 1.807) is 0 Å². The van der Waals surface area contributed by atoms with Crippen molar-refractivity contribution in [2.45, 2.75) is 33.7 Å². The van der Waals surface area contributed by atoms with Crippen molar-refractivity contribution < 1.29 is 0 Å². The van der Waals surface area contributed by atoms with Gasteiger partial charge in [0.05, 0.1) is 0 Å². The molecule has 0 saturated heterocycles. The molecule has 96 valence electrons. The maximum absolute atomic E-state index is 5.69. The molecular formula is C12H23N5. The summed E-state index contributed by atoms with van der Waals surface area (Å²) in [7, 11) is 3.84. The third-order valence-corrected chi connectivity index (χ3v) is 3.18. The summed E-state index contributed by atoms with van der Waals surface area (Å²) in [5.74, 6) is 1.87. The zero-order valence-electron chi connectivity index (χ0n) is 11.6. The number of aromatic nitrogens is 2. The number of nitrogens with zero attached hydrogens (tertiary/aromatic N) is 3. The average Bonchev–Trinajstić information content (AvgIpc) is 2.24. The van der Waals surface area contributed by atoms with E-state index >= 15 is 0 Å². The molecule has 1 unspecified atom stereocenters. The van der Waals surface area contributed by atoms with E-state index in [0.29, 0.717) is 12.0 Å². The highest BCUT2D eigenvalue weighted by atomic mass is 15.2. The fourth-order valence-electron chi connectivity index (χ4n) is 1.54. The third kappa shape index (κ3) is 3.22. The molecule has 5 nitrogen and oxygen atoms in total. The van der Waals surface area contributed by atoms with Gasteiger partial charge in [-0.05, 0) is 12.3 Å². The van der Waals surface area contributed by atoms with Crippen LogP contribution in [-0.4, -0.2) is 30.1 Å². The molecule has 1 atom stereocenters. The molecule has 0 radical (unpaired) electrons. The van der Waals surface area contributed by atoms with E-state index in [4.69, 9.17) is 5.73 Å². The van der Waals surface area contributed by atoms with Crippen molar-refractivity contribution in [3.05, 3.63) is 6.07 Å². The second-order valence-corrected chi connectivity index (χ2v) is 5.37. The lowest BCUT2D eigenvalue weighted by atomic mass is 9.87. The fraction of sp³-hybridized carbons (Fsp3) is 0.667. The predicted molar refractivity (Wildman–Crippen MR) is 73.3 cm³/mol. The maximum Gasteiger partial charge on any atom is 0.223 e. The molecule has 0 amide bonds. The van der Waals surface area contributed by atoms with Crippen LogP contribution in [-0.2, 0) is 0 Å². The molecule has 1 aromatic heterocycles. The fourth-order valence-corrected chi connectivity index (χ4v) is 1.54. The van der Waals surface area contributed by atoms with Crippen LogP contribution < -0.4 is 16.0 Å². The van der Waals surface area contributed by atoms with Gasteiger partial charge in [-0.15, -0.1) is 0 Å². The molecule has 0 fully saturated rings. The average molecular weight is 237 g/mol. The molecule has 0 bridgehead atoms. The number of hydrogen-bond donors (Lipinski definition) is 2. The van der Waals surface area contributed by atoms with Gasteiger partial charge in [-0.25, -0.2) is 0 Å². The molecule has 0 aliphatic carbocycles. The molecule has 1 aromatic rings. The Morgan fingerprint density at radius 2 is 1.94 bits per heavy atom. The Bertz CT molecular complexity index is 383. The molecular weight excluding hydrogens is 214 g/mol. The monoisotopic (exact) mass is 237 g/mol. The van der Waals surface area contributed by atoms with Crippen LogP contribution in [0.1, 0.15) is 27.7 Å². The van der Waals surface area contributed by atoms with E-state index in [-0.39, 0.29) is 5.41 Å². The van der Waals surface area contributed by atoms with Crippen LogP contribution in [0.15, 0.2) is 6.07 Å². The minimum Gasteiger partial charge on any atom is -0.373 e. The highest BCUT2D eigenvalue weighted by Gasteiger charge is 2.25. The Hall–Kier alpha value is -1.52. The zero-order valence-corrected chi connectivity index (χ0v) is 11.6. The topological polar surface area (TPSA) is 67.1 Å². The minimum atomic E-state index is 0.175. The predicted octanol–water partition coefficient (Wildman–Crippen LogP) is 1.97. The van der Waals surface area contributed by atoms with Gasteiger partial charge in [0.1, 0.15) is 11.6 Å². The normalized spacial score (nSPS) is 13.3. The smallest absolute Gasteiger partial charge is 0.223 e. The number of rotatable bonds is 3. The summed E-state index contributed by atoms with van der Waals surface area (Å²) >= 11 is 0. The van der Waals surface area contributed by atoms with Gasteiger partial charge in [-0.3, -0.25) is 0 Å². The van der Waals surface area contributed by atoms with Crippen LogP contribution in [0.3, 0.4) is 0 Å². The van der Waals surface area contributed by atoms with Crippen molar-refractivity contribution in [3.8, 4) is 0 Å². The molecule has 0 aliphatic heterocycles. The number of nitrogens with two attached hydrogens (primary N) is 1. The van der Waals surface area contributed by atoms with E-state index in [1.807, 2.05) is 20.2 Å². The SMILES string of the molecule is CNc1cc(N(C)C(C)C(C)(C)C)nc(N)n1. The zero-order chi connectivity index (χ0) is 13.2. The van der Waals surface area contributed by atoms with E-state index in [2.05, 4.69) is 47.9 Å². The molecule has 17 heavy (non-hydrogen) atoms. The van der Waals surface area contributed by atoms with Crippen LogP contribution in [0, 0.1) is 5.41 Å². The van der Waals surface area contributed by atoms with Gasteiger partial charge in [0, 0.05) is 26.2 Å². The molecule has 1 heterocycles. The third-order valence-electron chi connectivity index (χ3n) is 3.18. The molecule has 3 N–H and O–H groups in total. The summed E-state index contributed by atoms with van der Waals surface area (Å²) in [5, 5.41) is 2.98. The van der Waals surface area contributed by atoms with Gasteiger partial charge in [0.25, 0.3) is 0 Å². The van der Waals surface area contributed by atoms with Gasteiger partial charge in [0.2, 0.25) is 5.95 Å². The van der Waals surface area contributed by atoms with Crippen molar-refractivity contribution in [1.29, 1.82) is 0 Å². The lowest BCUT2D eigenvalue weighted by Gasteiger charge is -2.36. The Morgan fingerprint density at radius 3 is 2.41 bits per heavy atom. The van der Waals surface area contributed by atoms with E-state index in [1.165, 1.54) is 0 Å². The molecule has 1 rings (SSSR count). The Morgan fingerprint density at radius 1 is 1.35 bits per heavy atom. The largest absolute Gasteiger partial charge is 0.373 e. The maximum atomic E-state index is 5.69. The summed E-state index contributed by atoms with van der Waals surface area (Å²) in [4.78, 5) is 10.5. The highest BCUT2D eigenvalue weighted by Crippen LogP contribution is 2.27. The first-order valence-corrected chi connectivity index (χ1v) is 5.81. The number of hydrogen-bond acceptors (Lipinski definition) is 5. The summed E-state index contributed by atoms with van der Waals surface area (Å²) in [5.41, 5.74) is 5.87. The van der Waals surface area contributed by atoms with Crippen LogP contribution in [0.5, 0.6) is 0 Å². The lowest BCUT2D eigenvalue weighted by molar-refractivity contribution is 0.328.